The standard InChI is InChI=1S/C11H5ClF3NO4/c12-7-3-5(19-11(13,14)15)1-2-6(7)9-4-8(10(17)18)16-20-9/h1-4H,(H,17,18). The van der Waals surface area contributed by atoms with Gasteiger partial charge in [0.1, 0.15) is 5.75 Å². The third-order valence-electron chi connectivity index (χ3n) is 2.17. The summed E-state index contributed by atoms with van der Waals surface area (Å²) in [5.41, 5.74) is -0.145. The highest BCUT2D eigenvalue weighted by Crippen LogP contribution is 2.33. The lowest BCUT2D eigenvalue weighted by Gasteiger charge is -2.09. The van der Waals surface area contributed by atoms with Crippen molar-refractivity contribution < 1.29 is 32.3 Å². The third kappa shape index (κ3) is 3.21. The maximum Gasteiger partial charge on any atom is 0.573 e. The van der Waals surface area contributed by atoms with Crippen LogP contribution < -0.4 is 4.74 Å². The van der Waals surface area contributed by atoms with E-state index in [1.54, 1.807) is 0 Å². The van der Waals surface area contributed by atoms with Crippen molar-refractivity contribution in [3.8, 4) is 17.1 Å². The van der Waals surface area contributed by atoms with Crippen LogP contribution in [0.3, 0.4) is 0 Å². The molecule has 20 heavy (non-hydrogen) atoms. The van der Waals surface area contributed by atoms with Crippen molar-refractivity contribution in [3.05, 3.63) is 35.0 Å². The fourth-order valence-corrected chi connectivity index (χ4v) is 1.66. The van der Waals surface area contributed by atoms with Crippen molar-refractivity contribution in [1.82, 2.24) is 5.16 Å². The van der Waals surface area contributed by atoms with Crippen molar-refractivity contribution in [2.24, 2.45) is 0 Å². The van der Waals surface area contributed by atoms with Crippen LogP contribution in [-0.2, 0) is 0 Å². The molecule has 9 heteroatoms. The van der Waals surface area contributed by atoms with Crippen molar-refractivity contribution in [2.75, 3.05) is 0 Å². The first-order valence-corrected chi connectivity index (χ1v) is 5.40. The smallest absolute Gasteiger partial charge is 0.476 e. The molecule has 0 fully saturated rings. The largest absolute Gasteiger partial charge is 0.573 e. The van der Waals surface area contributed by atoms with Crippen molar-refractivity contribution in [3.63, 3.8) is 0 Å². The molecule has 1 N–H and O–H groups in total. The lowest BCUT2D eigenvalue weighted by atomic mass is 10.1. The number of ether oxygens (including phenoxy) is 1. The van der Waals surface area contributed by atoms with E-state index >= 15 is 0 Å². The van der Waals surface area contributed by atoms with Gasteiger partial charge in [-0.15, -0.1) is 13.2 Å². The first kappa shape index (κ1) is 14.2. The highest BCUT2D eigenvalue weighted by Gasteiger charge is 2.31. The average Bonchev–Trinajstić information content (AvgIpc) is 2.76. The Morgan fingerprint density at radius 3 is 2.55 bits per heavy atom. The van der Waals surface area contributed by atoms with Gasteiger partial charge in [-0.2, -0.15) is 0 Å². The van der Waals surface area contributed by atoms with Crippen LogP contribution in [0.1, 0.15) is 10.5 Å². The fourth-order valence-electron chi connectivity index (χ4n) is 1.40. The number of aromatic nitrogens is 1. The number of benzene rings is 1. The highest BCUT2D eigenvalue weighted by molar-refractivity contribution is 6.33. The SMILES string of the molecule is O=C(O)c1cc(-c2ccc(OC(F)(F)F)cc2Cl)on1. The van der Waals surface area contributed by atoms with E-state index in [9.17, 15) is 18.0 Å². The molecular formula is C11H5ClF3NO4. The van der Waals surface area contributed by atoms with Crippen LogP contribution in [0.5, 0.6) is 5.75 Å². The Labute approximate surface area is 114 Å². The van der Waals surface area contributed by atoms with Gasteiger partial charge >= 0.3 is 12.3 Å². The molecule has 0 aliphatic rings. The van der Waals surface area contributed by atoms with E-state index in [1.807, 2.05) is 0 Å². The topological polar surface area (TPSA) is 72.6 Å². The molecule has 0 amide bonds. The number of nitrogens with zero attached hydrogens (tertiary/aromatic N) is 1. The summed E-state index contributed by atoms with van der Waals surface area (Å²) >= 11 is 5.80. The molecule has 1 aromatic carbocycles. The normalized spacial score (nSPS) is 11.4. The van der Waals surface area contributed by atoms with Crippen LogP contribution in [0.25, 0.3) is 11.3 Å². The zero-order valence-electron chi connectivity index (χ0n) is 9.44. The van der Waals surface area contributed by atoms with Crippen molar-refractivity contribution in [1.29, 1.82) is 0 Å². The molecule has 2 aromatic rings. The maximum absolute atomic E-state index is 12.0. The monoisotopic (exact) mass is 307 g/mol. The molecule has 0 atom stereocenters. The minimum Gasteiger partial charge on any atom is -0.476 e. The predicted octanol–water partition coefficient (Wildman–Crippen LogP) is 3.59. The number of aromatic carboxylic acids is 1. The number of alkyl halides is 3. The fraction of sp³-hybridized carbons (Fsp3) is 0.0909. The summed E-state index contributed by atoms with van der Waals surface area (Å²) < 4.78 is 44.5. The molecule has 0 saturated heterocycles. The van der Waals surface area contributed by atoms with Gasteiger partial charge < -0.3 is 14.4 Å². The Balaban J connectivity index is 2.31. The Kier molecular flexibility index (Phi) is 3.58. The van der Waals surface area contributed by atoms with Crippen molar-refractivity contribution >= 4 is 17.6 Å². The first-order valence-electron chi connectivity index (χ1n) is 5.02. The molecule has 0 saturated carbocycles. The zero-order valence-corrected chi connectivity index (χ0v) is 10.2. The highest BCUT2D eigenvalue weighted by atomic mass is 35.5. The minimum atomic E-state index is -4.83. The number of hydrogen-bond donors (Lipinski definition) is 1. The van der Waals surface area contributed by atoms with Gasteiger partial charge in [0.25, 0.3) is 0 Å². The molecule has 2 rings (SSSR count). The Hall–Kier alpha value is -2.22. The van der Waals surface area contributed by atoms with Crippen LogP contribution in [-0.4, -0.2) is 22.6 Å². The van der Waals surface area contributed by atoms with E-state index in [-0.39, 0.29) is 22.0 Å². The Morgan fingerprint density at radius 2 is 2.05 bits per heavy atom. The third-order valence-corrected chi connectivity index (χ3v) is 2.48. The van der Waals surface area contributed by atoms with Gasteiger partial charge in [0.05, 0.1) is 5.02 Å². The van der Waals surface area contributed by atoms with Crippen LogP contribution in [0, 0.1) is 0 Å². The van der Waals surface area contributed by atoms with E-state index in [4.69, 9.17) is 21.2 Å². The minimum absolute atomic E-state index is 0.0194. The van der Waals surface area contributed by atoms with Crippen LogP contribution in [0.4, 0.5) is 13.2 Å². The maximum atomic E-state index is 12.0. The number of rotatable bonds is 3. The van der Waals surface area contributed by atoms with E-state index < -0.39 is 18.1 Å². The number of carboxylic acids is 1. The van der Waals surface area contributed by atoms with Gasteiger partial charge in [-0.25, -0.2) is 4.79 Å². The number of carboxylic acid groups (broad SMARTS) is 1. The molecule has 0 bridgehead atoms. The summed E-state index contributed by atoms with van der Waals surface area (Å²) in [6.07, 6.45) is -4.83. The van der Waals surface area contributed by atoms with Crippen LogP contribution in [0.2, 0.25) is 5.02 Å². The molecule has 0 unspecified atom stereocenters. The van der Waals surface area contributed by atoms with Gasteiger partial charge in [0.15, 0.2) is 11.5 Å². The number of halogens is 4. The summed E-state index contributed by atoms with van der Waals surface area (Å²) in [6, 6.07) is 4.27. The predicted molar refractivity (Wildman–Crippen MR) is 60.6 cm³/mol. The summed E-state index contributed by atoms with van der Waals surface area (Å²) in [6.45, 7) is 0. The van der Waals surface area contributed by atoms with Gasteiger partial charge in [-0.3, -0.25) is 0 Å². The van der Waals surface area contributed by atoms with E-state index in [0.717, 1.165) is 18.2 Å². The molecule has 0 radical (unpaired) electrons. The Morgan fingerprint density at radius 1 is 1.35 bits per heavy atom. The second kappa shape index (κ2) is 5.04. The Bertz CT molecular complexity index is 653. The second-order valence-electron chi connectivity index (χ2n) is 3.57. The van der Waals surface area contributed by atoms with Gasteiger partial charge in [-0.05, 0) is 18.2 Å². The van der Waals surface area contributed by atoms with Gasteiger partial charge in [-0.1, -0.05) is 16.8 Å². The quantitative estimate of drug-likeness (QED) is 0.938. The zero-order chi connectivity index (χ0) is 14.9. The summed E-state index contributed by atoms with van der Waals surface area (Å²) in [4.78, 5) is 10.6. The van der Waals surface area contributed by atoms with Crippen LogP contribution >= 0.6 is 11.6 Å². The molecule has 5 nitrogen and oxygen atoms in total. The summed E-state index contributed by atoms with van der Waals surface area (Å²) in [7, 11) is 0. The second-order valence-corrected chi connectivity index (χ2v) is 3.98. The van der Waals surface area contributed by atoms with E-state index in [0.29, 0.717) is 0 Å². The molecule has 0 spiro atoms. The molecule has 106 valence electrons. The lowest BCUT2D eigenvalue weighted by molar-refractivity contribution is -0.274. The van der Waals surface area contributed by atoms with Crippen molar-refractivity contribution in [2.45, 2.75) is 6.36 Å². The van der Waals surface area contributed by atoms with E-state index in [2.05, 4.69) is 9.89 Å². The van der Waals surface area contributed by atoms with Crippen LogP contribution in [0.15, 0.2) is 28.8 Å². The molecule has 0 aliphatic heterocycles. The average molecular weight is 308 g/mol. The molecule has 1 heterocycles. The number of hydrogen-bond acceptors (Lipinski definition) is 4. The number of carbonyl (C=O) groups is 1. The molecule has 0 aliphatic carbocycles. The molecular weight excluding hydrogens is 303 g/mol. The van der Waals surface area contributed by atoms with E-state index in [1.165, 1.54) is 6.07 Å². The first-order chi connectivity index (χ1) is 9.26. The summed E-state index contributed by atoms with van der Waals surface area (Å²) in [5.74, 6) is -1.77. The lowest BCUT2D eigenvalue weighted by Crippen LogP contribution is -2.17. The van der Waals surface area contributed by atoms with Gasteiger partial charge in [0, 0.05) is 11.6 Å². The summed E-state index contributed by atoms with van der Waals surface area (Å²) in [5, 5.41) is 11.9. The molecule has 1 aromatic heterocycles. The van der Waals surface area contributed by atoms with Gasteiger partial charge in [0.2, 0.25) is 0 Å².